The Balaban J connectivity index is 1.91. The zero-order chi connectivity index (χ0) is 13.9. The van der Waals surface area contributed by atoms with Crippen molar-refractivity contribution in [3.8, 4) is 0 Å². The van der Waals surface area contributed by atoms with Gasteiger partial charge in [-0.2, -0.15) is 5.10 Å². The maximum Gasteiger partial charge on any atom is 0.250 e. The summed E-state index contributed by atoms with van der Waals surface area (Å²) in [6.07, 6.45) is 6.95. The molecule has 0 aliphatic heterocycles. The summed E-state index contributed by atoms with van der Waals surface area (Å²) in [5.74, 6) is 0. The van der Waals surface area contributed by atoms with Gasteiger partial charge in [-0.3, -0.25) is 9.48 Å². The van der Waals surface area contributed by atoms with Crippen LogP contribution in [0.25, 0.3) is 0 Å². The molecule has 0 fully saturated rings. The van der Waals surface area contributed by atoms with Crippen LogP contribution in [0.3, 0.4) is 0 Å². The average Bonchev–Trinajstić information content (AvgIpc) is 2.98. The van der Waals surface area contributed by atoms with E-state index in [1.165, 1.54) is 11.3 Å². The molecule has 5 nitrogen and oxygen atoms in total. The van der Waals surface area contributed by atoms with E-state index in [1.54, 1.807) is 12.3 Å². The highest BCUT2D eigenvalue weighted by atomic mass is 16.1. The zero-order valence-corrected chi connectivity index (χ0v) is 11.7. The molecular weight excluding hydrogens is 252 g/mol. The molecule has 1 N–H and O–H groups in total. The van der Waals surface area contributed by atoms with Crippen LogP contribution in [0, 0.1) is 0 Å². The predicted octanol–water partition coefficient (Wildman–Crippen LogP) is 1.34. The third-order valence-electron chi connectivity index (χ3n) is 4.07. The maximum atomic E-state index is 12.2. The van der Waals surface area contributed by atoms with Crippen LogP contribution in [0.2, 0.25) is 0 Å². The van der Waals surface area contributed by atoms with Gasteiger partial charge in [0.1, 0.15) is 0 Å². The number of aryl methyl sites for hydroxylation is 1. The number of nitrogens with zero attached hydrogens (tertiary/aromatic N) is 3. The number of pyridine rings is 1. The second kappa shape index (κ2) is 5.63. The van der Waals surface area contributed by atoms with Crippen LogP contribution in [-0.2, 0) is 19.5 Å². The van der Waals surface area contributed by atoms with Crippen molar-refractivity contribution in [1.82, 2.24) is 19.7 Å². The van der Waals surface area contributed by atoms with E-state index in [0.717, 1.165) is 25.8 Å². The largest absolute Gasteiger partial charge is 0.313 e. The molecule has 0 saturated heterocycles. The fraction of sp³-hybridized carbons (Fsp3) is 0.467. The van der Waals surface area contributed by atoms with Crippen molar-refractivity contribution in [1.29, 1.82) is 0 Å². The minimum atomic E-state index is 0.0904. The van der Waals surface area contributed by atoms with E-state index < -0.39 is 0 Å². The van der Waals surface area contributed by atoms with E-state index in [1.807, 2.05) is 34.6 Å². The lowest BCUT2D eigenvalue weighted by Gasteiger charge is -2.27. The number of nitrogens with one attached hydrogen (secondary N) is 1. The molecule has 0 spiro atoms. The first-order valence-electron chi connectivity index (χ1n) is 7.17. The van der Waals surface area contributed by atoms with E-state index in [4.69, 9.17) is 0 Å². The first-order chi connectivity index (χ1) is 9.79. The van der Waals surface area contributed by atoms with Gasteiger partial charge in [0.2, 0.25) is 0 Å². The number of fused-ring (bicyclic) bond motifs is 1. The highest BCUT2D eigenvalue weighted by Crippen LogP contribution is 2.28. The Bertz CT molecular complexity index is 630. The topological polar surface area (TPSA) is 51.9 Å². The van der Waals surface area contributed by atoms with Crippen molar-refractivity contribution in [2.75, 3.05) is 7.05 Å². The quantitative estimate of drug-likeness (QED) is 0.914. The first kappa shape index (κ1) is 13.1. The van der Waals surface area contributed by atoms with Gasteiger partial charge in [-0.25, -0.2) is 0 Å². The van der Waals surface area contributed by atoms with E-state index in [2.05, 4.69) is 10.4 Å². The molecular formula is C15H20N4O. The van der Waals surface area contributed by atoms with Gasteiger partial charge < -0.3 is 9.88 Å². The van der Waals surface area contributed by atoms with E-state index in [9.17, 15) is 4.79 Å². The van der Waals surface area contributed by atoms with Crippen molar-refractivity contribution in [3.05, 3.63) is 52.2 Å². The maximum absolute atomic E-state index is 12.2. The third kappa shape index (κ3) is 2.41. The number of hydrogen-bond acceptors (Lipinski definition) is 3. The first-order valence-corrected chi connectivity index (χ1v) is 7.17. The van der Waals surface area contributed by atoms with Crippen LogP contribution < -0.4 is 10.9 Å². The Morgan fingerprint density at radius 1 is 1.40 bits per heavy atom. The minimum Gasteiger partial charge on any atom is -0.313 e. The molecule has 1 aliphatic rings. The third-order valence-corrected chi connectivity index (χ3v) is 4.07. The highest BCUT2D eigenvalue weighted by molar-refractivity contribution is 5.27. The zero-order valence-electron chi connectivity index (χ0n) is 11.7. The summed E-state index contributed by atoms with van der Waals surface area (Å²) in [6, 6.07) is 5.95. The summed E-state index contributed by atoms with van der Waals surface area (Å²) in [7, 11) is 1.99. The molecule has 0 amide bonds. The Morgan fingerprint density at radius 3 is 3.05 bits per heavy atom. The minimum absolute atomic E-state index is 0.0904. The Morgan fingerprint density at radius 2 is 2.30 bits per heavy atom. The number of hydrogen-bond donors (Lipinski definition) is 1. The SMILES string of the molecule is CNC1CCCc2c1ccc(=O)n2CCn1cccn1. The molecule has 5 heteroatoms. The van der Waals surface area contributed by atoms with E-state index in [-0.39, 0.29) is 5.56 Å². The van der Waals surface area contributed by atoms with Crippen LogP contribution in [0.1, 0.15) is 30.1 Å². The van der Waals surface area contributed by atoms with Crippen molar-refractivity contribution < 1.29 is 0 Å². The molecule has 1 aliphatic carbocycles. The van der Waals surface area contributed by atoms with Crippen molar-refractivity contribution in [2.24, 2.45) is 0 Å². The molecule has 3 rings (SSSR count). The summed E-state index contributed by atoms with van der Waals surface area (Å²) in [4.78, 5) is 12.2. The van der Waals surface area contributed by atoms with Crippen molar-refractivity contribution >= 4 is 0 Å². The second-order valence-electron chi connectivity index (χ2n) is 5.23. The van der Waals surface area contributed by atoms with Gasteiger partial charge in [-0.05, 0) is 37.9 Å². The normalized spacial score (nSPS) is 17.9. The molecule has 2 heterocycles. The number of aromatic nitrogens is 3. The smallest absolute Gasteiger partial charge is 0.250 e. The summed E-state index contributed by atoms with van der Waals surface area (Å²) >= 11 is 0. The van der Waals surface area contributed by atoms with Gasteiger partial charge in [0.15, 0.2) is 0 Å². The molecule has 0 radical (unpaired) electrons. The molecule has 0 aromatic carbocycles. The van der Waals surface area contributed by atoms with E-state index >= 15 is 0 Å². The Labute approximate surface area is 118 Å². The Kier molecular flexibility index (Phi) is 3.69. The van der Waals surface area contributed by atoms with Crippen LogP contribution in [0.15, 0.2) is 35.4 Å². The molecule has 1 atom stereocenters. The summed E-state index contributed by atoms with van der Waals surface area (Å²) < 4.78 is 3.78. The average molecular weight is 272 g/mol. The van der Waals surface area contributed by atoms with Gasteiger partial charge in [-0.15, -0.1) is 0 Å². The summed E-state index contributed by atoms with van der Waals surface area (Å²) in [5.41, 5.74) is 2.56. The van der Waals surface area contributed by atoms with Crippen molar-refractivity contribution in [2.45, 2.75) is 38.4 Å². The standard InChI is InChI=1S/C15H20N4O/c1-16-13-4-2-5-14-12(13)6-7-15(20)19(14)11-10-18-9-3-8-17-18/h3,6-9,13,16H,2,4-5,10-11H2,1H3. The van der Waals surface area contributed by atoms with Crippen molar-refractivity contribution in [3.63, 3.8) is 0 Å². The second-order valence-corrected chi connectivity index (χ2v) is 5.23. The van der Waals surface area contributed by atoms with E-state index in [0.29, 0.717) is 12.6 Å². The predicted molar refractivity (Wildman–Crippen MR) is 77.7 cm³/mol. The van der Waals surface area contributed by atoms with Gasteiger partial charge >= 0.3 is 0 Å². The molecule has 2 aromatic heterocycles. The fourth-order valence-electron chi connectivity index (χ4n) is 3.04. The van der Waals surface area contributed by atoms with Crippen LogP contribution in [-0.4, -0.2) is 21.4 Å². The van der Waals surface area contributed by atoms with Crippen LogP contribution in [0.5, 0.6) is 0 Å². The molecule has 106 valence electrons. The van der Waals surface area contributed by atoms with Crippen LogP contribution >= 0.6 is 0 Å². The van der Waals surface area contributed by atoms with Crippen LogP contribution in [0.4, 0.5) is 0 Å². The molecule has 20 heavy (non-hydrogen) atoms. The lowest BCUT2D eigenvalue weighted by Crippen LogP contribution is -2.31. The Hall–Kier alpha value is -1.88. The van der Waals surface area contributed by atoms with Gasteiger partial charge in [-0.1, -0.05) is 6.07 Å². The fourth-order valence-corrected chi connectivity index (χ4v) is 3.04. The number of rotatable bonds is 4. The molecule has 1 unspecified atom stereocenters. The monoisotopic (exact) mass is 272 g/mol. The molecule has 2 aromatic rings. The lowest BCUT2D eigenvalue weighted by molar-refractivity contribution is 0.450. The van der Waals surface area contributed by atoms with Gasteiger partial charge in [0.25, 0.3) is 5.56 Å². The summed E-state index contributed by atoms with van der Waals surface area (Å²) in [5, 5.41) is 7.54. The summed E-state index contributed by atoms with van der Waals surface area (Å²) in [6.45, 7) is 1.41. The van der Waals surface area contributed by atoms with Gasteiger partial charge in [0.05, 0.1) is 6.54 Å². The highest BCUT2D eigenvalue weighted by Gasteiger charge is 2.21. The van der Waals surface area contributed by atoms with Gasteiger partial charge in [0, 0.05) is 36.7 Å². The molecule has 0 saturated carbocycles. The molecule has 0 bridgehead atoms. The lowest BCUT2D eigenvalue weighted by atomic mass is 9.91.